The molecule has 2 N–H and O–H groups in total. The van der Waals surface area contributed by atoms with Crippen molar-refractivity contribution in [2.45, 2.75) is 56.9 Å². The zero-order chi connectivity index (χ0) is 31.9. The van der Waals surface area contributed by atoms with Crippen LogP contribution in [0.3, 0.4) is 0 Å². The first-order chi connectivity index (χ1) is 22.2. The number of hydrogen-bond donors (Lipinski definition) is 2. The standard InChI is InChI=1S/C35H43N5O5S/c1-38(2)46(43,44)37-34(41)32-27-19-40-28(14-26-29(45-3)13-12-23(33(26)40)20-8-5-4-6-9-20)30-24(31(27)32)10-7-11-25(30)35(42)39-17-21-15-36-16-22(21)18-39/h7,10,12-14,20-22,25,30,36H,4-6,8-9,11,15-19H2,1-3H3,(H,37,41)/t21-,22+,25-,30?/m1/s1. The molecule has 1 aromatic carbocycles. The van der Waals surface area contributed by atoms with Crippen molar-refractivity contribution in [1.82, 2.24) is 23.8 Å². The fourth-order valence-corrected chi connectivity index (χ4v) is 9.56. The van der Waals surface area contributed by atoms with Gasteiger partial charge in [0.05, 0.1) is 24.1 Å². The highest BCUT2D eigenvalue weighted by Gasteiger charge is 2.49. The van der Waals surface area contributed by atoms with Gasteiger partial charge in [0, 0.05) is 63.8 Å². The summed E-state index contributed by atoms with van der Waals surface area (Å²) in [5, 5.41) is 4.51. The molecule has 6 aliphatic rings. The van der Waals surface area contributed by atoms with Crippen LogP contribution in [0.2, 0.25) is 0 Å². The molecule has 10 nitrogen and oxygen atoms in total. The number of carbonyl (C=O) groups excluding carboxylic acids is 2. The van der Waals surface area contributed by atoms with Gasteiger partial charge in [0.1, 0.15) is 5.75 Å². The van der Waals surface area contributed by atoms with E-state index in [0.717, 1.165) is 82.4 Å². The molecule has 1 saturated carbocycles. The monoisotopic (exact) mass is 645 g/mol. The van der Waals surface area contributed by atoms with Crippen molar-refractivity contribution in [2.75, 3.05) is 47.4 Å². The summed E-state index contributed by atoms with van der Waals surface area (Å²) in [5.41, 5.74) is 6.51. The number of likely N-dealkylation sites (tertiary alicyclic amines) is 1. The lowest BCUT2D eigenvalue weighted by atomic mass is 9.76. The molecule has 2 saturated heterocycles. The summed E-state index contributed by atoms with van der Waals surface area (Å²) in [6.45, 7) is 3.91. The van der Waals surface area contributed by atoms with E-state index in [4.69, 9.17) is 4.74 Å². The molecule has 1 unspecified atom stereocenters. The second-order valence-corrected chi connectivity index (χ2v) is 16.0. The van der Waals surface area contributed by atoms with Gasteiger partial charge in [-0.05, 0) is 71.4 Å². The normalized spacial score (nSPS) is 27.4. The molecule has 3 fully saturated rings. The quantitative estimate of drug-likeness (QED) is 0.497. The highest BCUT2D eigenvalue weighted by Crippen LogP contribution is 2.55. The average Bonchev–Trinajstić information content (AvgIpc) is 3.27. The molecule has 3 aliphatic carbocycles. The third-order valence-electron chi connectivity index (χ3n) is 11.4. The number of fused-ring (bicyclic) bond motifs is 7. The average molecular weight is 646 g/mol. The van der Waals surface area contributed by atoms with Crippen LogP contribution in [-0.4, -0.2) is 81.4 Å². The SMILES string of the molecule is COc1ccc(C2CCCCC2)c2c1cc1n2CC2=C(C(=O)NS(=O)(=O)N(C)C)C2=C2C=CC[C@@H](C(=O)N3C[C@H]4CNC[C@H]4C3)C21. The van der Waals surface area contributed by atoms with Crippen LogP contribution in [0.25, 0.3) is 10.9 Å². The third-order valence-corrected chi connectivity index (χ3v) is 12.8. The molecule has 2 aromatic rings. The first-order valence-electron chi connectivity index (χ1n) is 16.8. The Morgan fingerprint density at radius 3 is 2.50 bits per heavy atom. The maximum Gasteiger partial charge on any atom is 0.303 e. The topological polar surface area (TPSA) is 113 Å². The van der Waals surface area contributed by atoms with Crippen molar-refractivity contribution in [2.24, 2.45) is 17.8 Å². The molecule has 11 heteroatoms. The molecule has 0 bridgehead atoms. The van der Waals surface area contributed by atoms with Crippen LogP contribution in [-0.2, 0) is 26.3 Å². The molecule has 3 aliphatic heterocycles. The van der Waals surface area contributed by atoms with Gasteiger partial charge in [-0.2, -0.15) is 12.7 Å². The lowest BCUT2D eigenvalue weighted by molar-refractivity contribution is -0.135. The van der Waals surface area contributed by atoms with Gasteiger partial charge in [-0.25, -0.2) is 4.72 Å². The van der Waals surface area contributed by atoms with Crippen LogP contribution < -0.4 is 14.8 Å². The maximum atomic E-state index is 14.5. The first kappa shape index (κ1) is 30.0. The van der Waals surface area contributed by atoms with Gasteiger partial charge < -0.3 is 19.5 Å². The maximum absolute atomic E-state index is 14.5. The Kier molecular flexibility index (Phi) is 7.22. The molecule has 2 amide bonds. The number of aromatic nitrogens is 1. The smallest absolute Gasteiger partial charge is 0.303 e. The largest absolute Gasteiger partial charge is 0.496 e. The third kappa shape index (κ3) is 4.68. The molecule has 244 valence electrons. The number of nitrogens with zero attached hydrogens (tertiary/aromatic N) is 3. The number of ether oxygens (including phenoxy) is 1. The van der Waals surface area contributed by atoms with E-state index in [9.17, 15) is 18.0 Å². The molecule has 46 heavy (non-hydrogen) atoms. The number of nitrogens with one attached hydrogen (secondary N) is 2. The van der Waals surface area contributed by atoms with E-state index < -0.39 is 16.1 Å². The number of rotatable bonds is 6. The van der Waals surface area contributed by atoms with E-state index in [2.05, 4.69) is 49.9 Å². The highest BCUT2D eigenvalue weighted by molar-refractivity contribution is 7.87. The van der Waals surface area contributed by atoms with Gasteiger partial charge in [0.2, 0.25) is 5.91 Å². The van der Waals surface area contributed by atoms with Crippen LogP contribution in [0.4, 0.5) is 0 Å². The minimum atomic E-state index is -3.97. The highest BCUT2D eigenvalue weighted by atomic mass is 32.2. The van der Waals surface area contributed by atoms with Crippen LogP contribution >= 0.6 is 0 Å². The van der Waals surface area contributed by atoms with E-state index in [1.54, 1.807) is 7.11 Å². The van der Waals surface area contributed by atoms with Crippen LogP contribution in [0.5, 0.6) is 5.75 Å². The van der Waals surface area contributed by atoms with Gasteiger partial charge in [0.25, 0.3) is 5.91 Å². The van der Waals surface area contributed by atoms with E-state index in [1.807, 2.05) is 0 Å². The Morgan fingerprint density at radius 2 is 1.80 bits per heavy atom. The Labute approximate surface area is 270 Å². The Morgan fingerprint density at radius 1 is 1.07 bits per heavy atom. The lowest BCUT2D eigenvalue weighted by Gasteiger charge is -2.33. The van der Waals surface area contributed by atoms with E-state index in [-0.39, 0.29) is 17.7 Å². The summed E-state index contributed by atoms with van der Waals surface area (Å²) < 4.78 is 36.9. The van der Waals surface area contributed by atoms with Crippen molar-refractivity contribution in [3.8, 4) is 5.75 Å². The predicted octanol–water partition coefficient (Wildman–Crippen LogP) is 3.58. The van der Waals surface area contributed by atoms with Crippen LogP contribution in [0.15, 0.2) is 52.6 Å². The minimum absolute atomic E-state index is 0.170. The molecular weight excluding hydrogens is 602 g/mol. The van der Waals surface area contributed by atoms with E-state index >= 15 is 0 Å². The Balaban J connectivity index is 1.28. The van der Waals surface area contributed by atoms with E-state index in [0.29, 0.717) is 36.3 Å². The van der Waals surface area contributed by atoms with Crippen molar-refractivity contribution in [1.29, 1.82) is 0 Å². The van der Waals surface area contributed by atoms with Crippen molar-refractivity contribution < 1.29 is 22.7 Å². The van der Waals surface area contributed by atoms with Gasteiger partial charge in [-0.1, -0.05) is 37.5 Å². The molecular formula is C35H43N5O5S. The molecule has 0 radical (unpaired) electrons. The molecule has 4 atom stereocenters. The zero-order valence-corrected chi connectivity index (χ0v) is 27.7. The molecule has 1 aromatic heterocycles. The first-order valence-corrected chi connectivity index (χ1v) is 18.2. The summed E-state index contributed by atoms with van der Waals surface area (Å²) in [4.78, 5) is 30.2. The van der Waals surface area contributed by atoms with Crippen molar-refractivity contribution in [3.63, 3.8) is 0 Å². The zero-order valence-electron chi connectivity index (χ0n) is 26.8. The van der Waals surface area contributed by atoms with Crippen molar-refractivity contribution >= 4 is 32.9 Å². The van der Waals surface area contributed by atoms with Crippen LogP contribution in [0, 0.1) is 17.8 Å². The number of benzene rings is 1. The summed E-state index contributed by atoms with van der Waals surface area (Å²) >= 11 is 0. The number of hydrogen-bond acceptors (Lipinski definition) is 6. The number of methoxy groups -OCH3 is 1. The minimum Gasteiger partial charge on any atom is -0.496 e. The van der Waals surface area contributed by atoms with Gasteiger partial charge >= 0.3 is 10.2 Å². The number of allylic oxidation sites excluding steroid dienone is 4. The second-order valence-electron chi connectivity index (χ2n) is 14.2. The summed E-state index contributed by atoms with van der Waals surface area (Å²) in [6, 6.07) is 6.52. The van der Waals surface area contributed by atoms with Gasteiger partial charge in [-0.3, -0.25) is 9.59 Å². The van der Waals surface area contributed by atoms with Gasteiger partial charge in [0.15, 0.2) is 0 Å². The molecule has 4 heterocycles. The number of amides is 2. The molecule has 8 rings (SSSR count). The fraction of sp³-hybridized carbons (Fsp3) is 0.543. The summed E-state index contributed by atoms with van der Waals surface area (Å²) in [5.74, 6) is 1.19. The Hall–Kier alpha value is -3.41. The number of carbonyl (C=O) groups is 2. The summed E-state index contributed by atoms with van der Waals surface area (Å²) in [6.07, 6.45) is 10.7. The predicted molar refractivity (Wildman–Crippen MR) is 176 cm³/mol. The fourth-order valence-electron chi connectivity index (χ4n) is 9.04. The van der Waals surface area contributed by atoms with E-state index in [1.165, 1.54) is 38.9 Å². The van der Waals surface area contributed by atoms with Gasteiger partial charge in [-0.15, -0.1) is 0 Å². The van der Waals surface area contributed by atoms with Crippen LogP contribution in [0.1, 0.15) is 61.6 Å². The second kappa shape index (κ2) is 11.1. The molecule has 0 spiro atoms. The summed E-state index contributed by atoms with van der Waals surface area (Å²) in [7, 11) is 0.531. The Bertz CT molecular complexity index is 1840. The lowest BCUT2D eigenvalue weighted by Crippen LogP contribution is -2.40. The van der Waals surface area contributed by atoms with Crippen molar-refractivity contribution in [3.05, 3.63) is 63.9 Å².